The fourth-order valence-electron chi connectivity index (χ4n) is 4.42. The Balaban J connectivity index is 1.60. The van der Waals surface area contributed by atoms with Crippen LogP contribution in [-0.2, 0) is 17.8 Å². The Hall–Kier alpha value is -2.78. The lowest BCUT2D eigenvalue weighted by Gasteiger charge is -2.18. The van der Waals surface area contributed by atoms with Crippen molar-refractivity contribution in [2.75, 3.05) is 17.2 Å². The lowest BCUT2D eigenvalue weighted by Crippen LogP contribution is -2.27. The molecule has 186 valence electrons. The molecule has 7 nitrogen and oxygen atoms in total. The third kappa shape index (κ3) is 6.67. The van der Waals surface area contributed by atoms with Crippen molar-refractivity contribution in [3.8, 4) is 10.6 Å². The van der Waals surface area contributed by atoms with Gasteiger partial charge in [-0.3, -0.25) is 4.79 Å². The van der Waals surface area contributed by atoms with E-state index in [1.165, 1.54) is 9.75 Å². The fraction of sp³-hybridized carbons (Fsp3) is 0.462. The number of carbonyl (C=O) groups excluding carboxylic acids is 1. The summed E-state index contributed by atoms with van der Waals surface area (Å²) in [7, 11) is 0. The average Bonchev–Trinajstić information content (AvgIpc) is 3.57. The quantitative estimate of drug-likeness (QED) is 0.302. The Bertz CT molecular complexity index is 1170. The van der Waals surface area contributed by atoms with Gasteiger partial charge in [0.1, 0.15) is 10.8 Å². The molecule has 0 spiro atoms. The molecule has 3 aromatic heterocycles. The first-order valence-electron chi connectivity index (χ1n) is 12.2. The highest BCUT2D eigenvalue weighted by atomic mass is 32.1. The number of amides is 1. The van der Waals surface area contributed by atoms with E-state index in [2.05, 4.69) is 52.5 Å². The average molecular weight is 511 g/mol. The molecule has 3 heterocycles. The monoisotopic (exact) mass is 510 g/mol. The Morgan fingerprint density at radius 3 is 2.83 bits per heavy atom. The minimum Gasteiger partial charge on any atom is -0.367 e. The normalized spacial score (nSPS) is 17.7. The molecule has 0 aromatic carbocycles. The number of anilines is 2. The van der Waals surface area contributed by atoms with Crippen LogP contribution in [0.4, 0.5) is 11.8 Å². The van der Waals surface area contributed by atoms with E-state index in [1.54, 1.807) is 29.6 Å². The second-order valence-corrected chi connectivity index (χ2v) is 11.3. The number of thiazole rings is 1. The molecular formula is C26H34N6OS2. The number of thiophene rings is 1. The summed E-state index contributed by atoms with van der Waals surface area (Å²) in [5.41, 5.74) is 3.00. The van der Waals surface area contributed by atoms with Crippen LogP contribution >= 0.6 is 22.7 Å². The summed E-state index contributed by atoms with van der Waals surface area (Å²) < 4.78 is 0. The first kappa shape index (κ1) is 25.3. The summed E-state index contributed by atoms with van der Waals surface area (Å²) in [5, 5.41) is 13.1. The Kier molecular flexibility index (Phi) is 8.51. The second kappa shape index (κ2) is 11.8. The third-order valence-corrected chi connectivity index (χ3v) is 8.17. The third-order valence-electron chi connectivity index (χ3n) is 6.27. The lowest BCUT2D eigenvalue weighted by atomic mass is 10.1. The molecule has 9 heteroatoms. The maximum absolute atomic E-state index is 11.3. The lowest BCUT2D eigenvalue weighted by molar-refractivity contribution is -0.119. The van der Waals surface area contributed by atoms with Crippen molar-refractivity contribution in [2.45, 2.75) is 66.0 Å². The van der Waals surface area contributed by atoms with Crippen molar-refractivity contribution < 1.29 is 4.79 Å². The molecule has 0 radical (unpaired) electrons. The number of hydrogen-bond donors (Lipinski definition) is 3. The van der Waals surface area contributed by atoms with Crippen molar-refractivity contribution in [2.24, 2.45) is 5.92 Å². The molecule has 1 amide bonds. The SMILES string of the molecule is C/C=C\Cc1nc(-c2c(C)nc(NCc3cccs3)nc2NC2CCC(CNC(C)=O)C2)sc1C. The zero-order valence-corrected chi connectivity index (χ0v) is 22.5. The largest absolute Gasteiger partial charge is 0.367 e. The molecule has 0 aliphatic heterocycles. The van der Waals surface area contributed by atoms with Gasteiger partial charge in [-0.05, 0) is 57.4 Å². The van der Waals surface area contributed by atoms with Crippen LogP contribution in [0.1, 0.15) is 54.3 Å². The van der Waals surface area contributed by atoms with Gasteiger partial charge in [0.15, 0.2) is 0 Å². The van der Waals surface area contributed by atoms with Gasteiger partial charge in [-0.1, -0.05) is 18.2 Å². The number of aryl methyl sites for hydroxylation is 2. The number of rotatable bonds is 10. The maximum atomic E-state index is 11.3. The van der Waals surface area contributed by atoms with E-state index in [-0.39, 0.29) is 5.91 Å². The number of nitrogens with zero attached hydrogens (tertiary/aromatic N) is 3. The number of allylic oxidation sites excluding steroid dienone is 2. The van der Waals surface area contributed by atoms with Crippen LogP contribution < -0.4 is 16.0 Å². The van der Waals surface area contributed by atoms with Crippen LogP contribution in [0.3, 0.4) is 0 Å². The van der Waals surface area contributed by atoms with Crippen LogP contribution in [0.15, 0.2) is 29.7 Å². The number of carbonyl (C=O) groups is 1. The molecule has 1 aliphatic rings. The van der Waals surface area contributed by atoms with Gasteiger partial charge in [0, 0.05) is 35.7 Å². The highest BCUT2D eigenvalue weighted by Gasteiger charge is 2.27. The number of nitrogens with one attached hydrogen (secondary N) is 3. The maximum Gasteiger partial charge on any atom is 0.225 e. The second-order valence-electron chi connectivity index (χ2n) is 9.04. The number of hydrogen-bond acceptors (Lipinski definition) is 8. The van der Waals surface area contributed by atoms with Crippen molar-refractivity contribution in [1.29, 1.82) is 0 Å². The van der Waals surface area contributed by atoms with E-state index >= 15 is 0 Å². The minimum atomic E-state index is 0.0319. The molecule has 1 saturated carbocycles. The molecule has 2 atom stereocenters. The molecule has 2 unspecified atom stereocenters. The summed E-state index contributed by atoms with van der Waals surface area (Å²) >= 11 is 3.42. The summed E-state index contributed by atoms with van der Waals surface area (Å²) in [5.74, 6) is 1.97. The topological polar surface area (TPSA) is 91.8 Å². The molecule has 35 heavy (non-hydrogen) atoms. The standard InChI is InChI=1S/C26H34N6OS2/c1-5-6-9-22-17(3)35-25(31-22)23-16(2)29-26(28-15-21-8-7-12-34-21)32-24(23)30-20-11-10-19(13-20)14-27-18(4)33/h5-8,12,19-20H,9-11,13-15H2,1-4H3,(H,27,33)(H2,28,29,30,32)/b6-5-. The smallest absolute Gasteiger partial charge is 0.225 e. The van der Waals surface area contributed by atoms with E-state index in [4.69, 9.17) is 15.0 Å². The van der Waals surface area contributed by atoms with Gasteiger partial charge < -0.3 is 16.0 Å². The van der Waals surface area contributed by atoms with Crippen molar-refractivity contribution in [3.05, 3.63) is 50.8 Å². The van der Waals surface area contributed by atoms with Crippen molar-refractivity contribution in [3.63, 3.8) is 0 Å². The van der Waals surface area contributed by atoms with Crippen molar-refractivity contribution >= 4 is 40.3 Å². The molecule has 1 fully saturated rings. The fourth-order valence-corrected chi connectivity index (χ4v) is 6.10. The predicted molar refractivity (Wildman–Crippen MR) is 146 cm³/mol. The molecule has 1 aliphatic carbocycles. The van der Waals surface area contributed by atoms with Gasteiger partial charge in [0.2, 0.25) is 11.9 Å². The minimum absolute atomic E-state index is 0.0319. The van der Waals surface area contributed by atoms with Gasteiger partial charge in [-0.15, -0.1) is 22.7 Å². The Morgan fingerprint density at radius 1 is 1.23 bits per heavy atom. The highest BCUT2D eigenvalue weighted by Crippen LogP contribution is 2.37. The zero-order chi connectivity index (χ0) is 24.8. The van der Waals surface area contributed by atoms with E-state index < -0.39 is 0 Å². The van der Waals surface area contributed by atoms with Gasteiger partial charge in [-0.25, -0.2) is 9.97 Å². The summed E-state index contributed by atoms with van der Waals surface area (Å²) in [6, 6.07) is 4.46. The first-order valence-corrected chi connectivity index (χ1v) is 13.9. The van der Waals surface area contributed by atoms with E-state index in [1.807, 2.05) is 13.8 Å². The van der Waals surface area contributed by atoms with Gasteiger partial charge >= 0.3 is 0 Å². The van der Waals surface area contributed by atoms with Crippen LogP contribution in [0.2, 0.25) is 0 Å². The first-order chi connectivity index (χ1) is 16.9. The van der Waals surface area contributed by atoms with Crippen molar-refractivity contribution in [1.82, 2.24) is 20.3 Å². The summed E-state index contributed by atoms with van der Waals surface area (Å²) in [6.45, 7) is 9.20. The van der Waals surface area contributed by atoms with E-state index in [0.717, 1.165) is 60.0 Å². The Morgan fingerprint density at radius 2 is 2.09 bits per heavy atom. The number of aromatic nitrogens is 3. The molecule has 3 N–H and O–H groups in total. The predicted octanol–water partition coefficient (Wildman–Crippen LogP) is 5.73. The highest BCUT2D eigenvalue weighted by molar-refractivity contribution is 7.15. The molecule has 0 bridgehead atoms. The molecule has 0 saturated heterocycles. The summed E-state index contributed by atoms with van der Waals surface area (Å²) in [6.07, 6.45) is 8.17. The molecule has 3 aromatic rings. The Labute approximate surface area is 215 Å². The van der Waals surface area contributed by atoms with E-state index in [9.17, 15) is 4.79 Å². The van der Waals surface area contributed by atoms with Gasteiger partial charge in [0.25, 0.3) is 0 Å². The van der Waals surface area contributed by atoms with Crippen LogP contribution in [0, 0.1) is 19.8 Å². The van der Waals surface area contributed by atoms with Crippen LogP contribution in [0.25, 0.3) is 10.6 Å². The zero-order valence-electron chi connectivity index (χ0n) is 20.9. The van der Waals surface area contributed by atoms with Gasteiger partial charge in [0.05, 0.1) is 23.5 Å². The van der Waals surface area contributed by atoms with E-state index in [0.29, 0.717) is 24.5 Å². The molecule has 4 rings (SSSR count). The van der Waals surface area contributed by atoms with Crippen LogP contribution in [-0.4, -0.2) is 33.4 Å². The summed E-state index contributed by atoms with van der Waals surface area (Å²) in [4.78, 5) is 28.5. The van der Waals surface area contributed by atoms with Crippen LogP contribution in [0.5, 0.6) is 0 Å². The molecular weight excluding hydrogens is 476 g/mol. The van der Waals surface area contributed by atoms with Gasteiger partial charge in [-0.2, -0.15) is 4.98 Å².